The van der Waals surface area contributed by atoms with Gasteiger partial charge in [-0.25, -0.2) is 4.98 Å². The molecular weight excluding hydrogens is 430 g/mol. The summed E-state index contributed by atoms with van der Waals surface area (Å²) in [5.74, 6) is 0.665. The zero-order chi connectivity index (χ0) is 22.1. The average Bonchev–Trinajstić information content (AvgIpc) is 3.34. The number of nitrogens with zero attached hydrogens (tertiary/aromatic N) is 2. The third-order valence-electron chi connectivity index (χ3n) is 5.36. The van der Waals surface area contributed by atoms with Crippen molar-refractivity contribution in [2.75, 3.05) is 11.1 Å². The van der Waals surface area contributed by atoms with Gasteiger partial charge in [-0.1, -0.05) is 23.9 Å². The molecule has 0 unspecified atom stereocenters. The molecule has 3 heterocycles. The number of fused-ring (bicyclic) bond motifs is 1. The van der Waals surface area contributed by atoms with E-state index in [1.165, 1.54) is 23.1 Å². The highest BCUT2D eigenvalue weighted by molar-refractivity contribution is 7.99. The maximum absolute atomic E-state index is 13.3. The number of aryl methyl sites for hydroxylation is 3. The number of nitrogens with one attached hydrogen (secondary N) is 1. The van der Waals surface area contributed by atoms with E-state index < -0.39 is 0 Å². The van der Waals surface area contributed by atoms with Crippen LogP contribution in [0.1, 0.15) is 27.3 Å². The second-order valence-corrected chi connectivity index (χ2v) is 9.56. The van der Waals surface area contributed by atoms with Crippen LogP contribution in [0, 0.1) is 27.7 Å². The number of hydrogen-bond donors (Lipinski definition) is 1. The van der Waals surface area contributed by atoms with Gasteiger partial charge in [0.05, 0.1) is 23.9 Å². The minimum atomic E-state index is -0.142. The molecule has 3 aromatic heterocycles. The van der Waals surface area contributed by atoms with E-state index in [0.29, 0.717) is 21.1 Å². The number of thiophene rings is 1. The molecule has 0 saturated carbocycles. The molecule has 0 saturated heterocycles. The molecule has 1 amide bonds. The van der Waals surface area contributed by atoms with Crippen molar-refractivity contribution in [1.29, 1.82) is 0 Å². The molecule has 0 bridgehead atoms. The normalized spacial score (nSPS) is 11.2. The first kappa shape index (κ1) is 21.4. The van der Waals surface area contributed by atoms with Crippen LogP contribution in [0.3, 0.4) is 0 Å². The third-order valence-corrected chi connectivity index (χ3v) is 7.44. The Morgan fingerprint density at radius 3 is 2.71 bits per heavy atom. The first-order valence-electron chi connectivity index (χ1n) is 9.87. The predicted octanol–water partition coefficient (Wildman–Crippen LogP) is 5.06. The van der Waals surface area contributed by atoms with Crippen molar-refractivity contribution in [3.8, 4) is 0 Å². The van der Waals surface area contributed by atoms with Crippen LogP contribution in [-0.2, 0) is 11.3 Å². The zero-order valence-electron chi connectivity index (χ0n) is 17.8. The van der Waals surface area contributed by atoms with Gasteiger partial charge in [-0.3, -0.25) is 14.2 Å². The summed E-state index contributed by atoms with van der Waals surface area (Å²) >= 11 is 2.76. The second kappa shape index (κ2) is 8.72. The smallest absolute Gasteiger partial charge is 0.263 e. The fourth-order valence-electron chi connectivity index (χ4n) is 3.32. The van der Waals surface area contributed by atoms with Gasteiger partial charge in [-0.2, -0.15) is 0 Å². The number of carbonyl (C=O) groups is 1. The quantitative estimate of drug-likeness (QED) is 0.326. The van der Waals surface area contributed by atoms with Gasteiger partial charge in [0.25, 0.3) is 5.56 Å². The average molecular weight is 454 g/mol. The molecule has 0 aliphatic heterocycles. The molecule has 160 valence electrons. The summed E-state index contributed by atoms with van der Waals surface area (Å²) in [5, 5.41) is 4.10. The summed E-state index contributed by atoms with van der Waals surface area (Å²) in [4.78, 5) is 32.4. The third kappa shape index (κ3) is 4.31. The highest BCUT2D eigenvalue weighted by Crippen LogP contribution is 2.29. The van der Waals surface area contributed by atoms with Crippen molar-refractivity contribution in [2.45, 2.75) is 39.4 Å². The lowest BCUT2D eigenvalue weighted by Gasteiger charge is -2.12. The summed E-state index contributed by atoms with van der Waals surface area (Å²) in [5.41, 5.74) is 3.80. The van der Waals surface area contributed by atoms with E-state index in [-0.39, 0.29) is 23.8 Å². The van der Waals surface area contributed by atoms with E-state index in [2.05, 4.69) is 5.32 Å². The molecular formula is C23H23N3O3S2. The number of aromatic nitrogens is 2. The fourth-order valence-corrected chi connectivity index (χ4v) is 5.19. The highest BCUT2D eigenvalue weighted by Gasteiger charge is 2.19. The van der Waals surface area contributed by atoms with Crippen molar-refractivity contribution in [3.63, 3.8) is 0 Å². The van der Waals surface area contributed by atoms with Gasteiger partial charge in [-0.05, 0) is 62.6 Å². The highest BCUT2D eigenvalue weighted by atomic mass is 32.2. The van der Waals surface area contributed by atoms with Gasteiger partial charge in [0.15, 0.2) is 5.16 Å². The van der Waals surface area contributed by atoms with Crippen molar-refractivity contribution < 1.29 is 9.21 Å². The van der Waals surface area contributed by atoms with Crippen molar-refractivity contribution in [3.05, 3.63) is 74.3 Å². The maximum Gasteiger partial charge on any atom is 0.263 e. The summed E-state index contributed by atoms with van der Waals surface area (Å²) in [6, 6.07) is 9.43. The van der Waals surface area contributed by atoms with Crippen LogP contribution >= 0.6 is 23.1 Å². The first-order valence-corrected chi connectivity index (χ1v) is 11.7. The summed E-state index contributed by atoms with van der Waals surface area (Å²) in [7, 11) is 0. The van der Waals surface area contributed by atoms with E-state index in [1.54, 1.807) is 16.9 Å². The lowest BCUT2D eigenvalue weighted by Crippen LogP contribution is -2.24. The number of thioether (sulfide) groups is 1. The minimum absolute atomic E-state index is 0.110. The van der Waals surface area contributed by atoms with Crippen LogP contribution in [0.25, 0.3) is 10.2 Å². The largest absolute Gasteiger partial charge is 0.467 e. The molecule has 1 N–H and O–H groups in total. The second-order valence-electron chi connectivity index (χ2n) is 7.41. The Kier molecular flexibility index (Phi) is 6.02. The SMILES string of the molecule is Cc1cccc(NC(=O)CSc2nc3sc(C)c(C)c3c(=O)n2Cc2ccco2)c1C. The lowest BCUT2D eigenvalue weighted by atomic mass is 10.1. The Hall–Kier alpha value is -2.84. The molecule has 0 radical (unpaired) electrons. The number of benzene rings is 1. The van der Waals surface area contributed by atoms with E-state index >= 15 is 0 Å². The summed E-state index contributed by atoms with van der Waals surface area (Å²) in [6.45, 7) is 8.19. The Balaban J connectivity index is 1.63. The van der Waals surface area contributed by atoms with Crippen LogP contribution in [0.15, 0.2) is 51.0 Å². The van der Waals surface area contributed by atoms with E-state index in [9.17, 15) is 9.59 Å². The summed E-state index contributed by atoms with van der Waals surface area (Å²) < 4.78 is 7.04. The molecule has 0 aliphatic rings. The lowest BCUT2D eigenvalue weighted by molar-refractivity contribution is -0.113. The van der Waals surface area contributed by atoms with Crippen LogP contribution < -0.4 is 10.9 Å². The van der Waals surface area contributed by atoms with Gasteiger partial charge in [0.2, 0.25) is 5.91 Å². The molecule has 8 heteroatoms. The molecule has 4 rings (SSSR count). The van der Waals surface area contributed by atoms with Crippen molar-refractivity contribution >= 4 is 44.9 Å². The zero-order valence-corrected chi connectivity index (χ0v) is 19.4. The number of hydrogen-bond acceptors (Lipinski definition) is 6. The molecule has 0 atom stereocenters. The van der Waals surface area contributed by atoms with Gasteiger partial charge in [-0.15, -0.1) is 11.3 Å². The number of amides is 1. The van der Waals surface area contributed by atoms with Gasteiger partial charge in [0, 0.05) is 10.6 Å². The minimum Gasteiger partial charge on any atom is -0.467 e. The first-order chi connectivity index (χ1) is 14.8. The number of rotatable bonds is 6. The van der Waals surface area contributed by atoms with Crippen LogP contribution in [0.5, 0.6) is 0 Å². The topological polar surface area (TPSA) is 77.1 Å². The molecule has 0 spiro atoms. The monoisotopic (exact) mass is 453 g/mol. The molecule has 6 nitrogen and oxygen atoms in total. The Morgan fingerprint density at radius 1 is 1.16 bits per heavy atom. The van der Waals surface area contributed by atoms with Gasteiger partial charge < -0.3 is 9.73 Å². The Bertz CT molecular complexity index is 1320. The van der Waals surface area contributed by atoms with Gasteiger partial charge >= 0.3 is 0 Å². The molecule has 1 aromatic carbocycles. The number of anilines is 1. The van der Waals surface area contributed by atoms with Crippen LogP contribution in [0.4, 0.5) is 5.69 Å². The van der Waals surface area contributed by atoms with Crippen molar-refractivity contribution in [2.24, 2.45) is 0 Å². The van der Waals surface area contributed by atoms with Gasteiger partial charge in [0.1, 0.15) is 10.6 Å². The molecule has 31 heavy (non-hydrogen) atoms. The molecule has 0 fully saturated rings. The Morgan fingerprint density at radius 2 is 1.97 bits per heavy atom. The molecule has 4 aromatic rings. The van der Waals surface area contributed by atoms with E-state index in [0.717, 1.165) is 27.3 Å². The standard InChI is InChI=1S/C23H23N3O3S2/c1-13-7-5-9-18(14(13)2)24-19(27)12-30-23-25-21-20(15(3)16(4)31-21)22(28)26(23)11-17-8-6-10-29-17/h5-10H,11-12H2,1-4H3,(H,24,27). The maximum atomic E-state index is 13.3. The number of carbonyl (C=O) groups excluding carboxylic acids is 1. The number of furan rings is 1. The van der Waals surface area contributed by atoms with E-state index in [1.807, 2.05) is 52.0 Å². The molecule has 0 aliphatic carbocycles. The van der Waals surface area contributed by atoms with Crippen molar-refractivity contribution in [1.82, 2.24) is 9.55 Å². The van der Waals surface area contributed by atoms with Crippen LogP contribution in [-0.4, -0.2) is 21.2 Å². The van der Waals surface area contributed by atoms with E-state index in [4.69, 9.17) is 9.40 Å². The predicted molar refractivity (Wildman–Crippen MR) is 126 cm³/mol. The van der Waals surface area contributed by atoms with Crippen LogP contribution in [0.2, 0.25) is 0 Å². The summed E-state index contributed by atoms with van der Waals surface area (Å²) in [6.07, 6.45) is 1.58. The Labute approximate surface area is 188 Å². The fraction of sp³-hybridized carbons (Fsp3) is 0.261.